The van der Waals surface area contributed by atoms with Crippen LogP contribution in [0.3, 0.4) is 0 Å². The molecule has 28 heavy (non-hydrogen) atoms. The number of hydrogen-bond acceptors (Lipinski definition) is 9. The number of piperazine rings is 1. The van der Waals surface area contributed by atoms with Crippen molar-refractivity contribution in [2.45, 2.75) is 13.5 Å². The largest absolute Gasteiger partial charge is 0.465 e. The van der Waals surface area contributed by atoms with Crippen LogP contribution in [0.15, 0.2) is 39.4 Å². The summed E-state index contributed by atoms with van der Waals surface area (Å²) in [5.74, 6) is 4.14. The molecule has 10 heteroatoms. The molecule has 1 aliphatic rings. The van der Waals surface area contributed by atoms with Crippen LogP contribution in [0.25, 0.3) is 17.4 Å². The minimum absolute atomic E-state index is 0.249. The van der Waals surface area contributed by atoms with Crippen LogP contribution in [0.2, 0.25) is 0 Å². The predicted octanol–water partition coefficient (Wildman–Crippen LogP) is 1.59. The summed E-state index contributed by atoms with van der Waals surface area (Å²) < 4.78 is 12.4. The molecule has 0 unspecified atom stereocenters. The monoisotopic (exact) mass is 380 g/mol. The molecule has 0 spiro atoms. The van der Waals surface area contributed by atoms with Gasteiger partial charge in [-0.3, -0.25) is 4.90 Å². The fraction of sp³-hybridized carbons (Fsp3) is 0.333. The van der Waals surface area contributed by atoms with Crippen molar-refractivity contribution in [3.05, 3.63) is 42.0 Å². The average molecular weight is 380 g/mol. The number of aromatic nitrogens is 5. The molecule has 2 N–H and O–H groups in total. The lowest BCUT2D eigenvalue weighted by atomic mass is 10.3. The number of fused-ring (bicyclic) bond motifs is 1. The molecule has 0 atom stereocenters. The Bertz CT molecular complexity index is 1090. The Balaban J connectivity index is 1.32. The third kappa shape index (κ3) is 3.07. The second kappa shape index (κ2) is 6.64. The van der Waals surface area contributed by atoms with Gasteiger partial charge in [-0.25, -0.2) is 0 Å². The Kier molecular flexibility index (Phi) is 3.97. The molecule has 0 saturated carbocycles. The third-order valence-electron chi connectivity index (χ3n) is 4.79. The van der Waals surface area contributed by atoms with Crippen molar-refractivity contribution in [3.8, 4) is 11.6 Å². The number of aryl methyl sites for hydroxylation is 1. The number of nitrogens with zero attached hydrogens (tertiary/aromatic N) is 7. The van der Waals surface area contributed by atoms with Crippen molar-refractivity contribution >= 4 is 17.7 Å². The number of rotatable bonds is 4. The minimum Gasteiger partial charge on any atom is -0.465 e. The van der Waals surface area contributed by atoms with E-state index in [4.69, 9.17) is 14.6 Å². The Labute approximate surface area is 160 Å². The quantitative estimate of drug-likeness (QED) is 0.563. The van der Waals surface area contributed by atoms with Gasteiger partial charge in [-0.1, -0.05) is 0 Å². The van der Waals surface area contributed by atoms with Gasteiger partial charge >= 0.3 is 0 Å². The lowest BCUT2D eigenvalue weighted by Gasteiger charge is -2.34. The molecule has 1 aliphatic heterocycles. The molecule has 5 rings (SSSR count). The maximum absolute atomic E-state index is 6.09. The first-order chi connectivity index (χ1) is 13.7. The fourth-order valence-electron chi connectivity index (χ4n) is 3.34. The Morgan fingerprint density at radius 1 is 1.07 bits per heavy atom. The number of nitrogen functional groups attached to an aromatic ring is 1. The van der Waals surface area contributed by atoms with Gasteiger partial charge in [0.2, 0.25) is 17.7 Å². The van der Waals surface area contributed by atoms with Gasteiger partial charge < -0.3 is 19.5 Å². The maximum Gasteiger partial charge on any atom is 0.259 e. The highest BCUT2D eigenvalue weighted by Crippen LogP contribution is 2.20. The Morgan fingerprint density at radius 2 is 1.93 bits per heavy atom. The SMILES string of the molecule is Cc1ccc(CN2CCN(c3nc(N)n4nc(-c5ccco5)nc4n3)CC2)o1. The summed E-state index contributed by atoms with van der Waals surface area (Å²) in [7, 11) is 0. The smallest absolute Gasteiger partial charge is 0.259 e. The van der Waals surface area contributed by atoms with Crippen LogP contribution in [0.4, 0.5) is 11.9 Å². The second-order valence-corrected chi connectivity index (χ2v) is 6.78. The highest BCUT2D eigenvalue weighted by molar-refractivity contribution is 5.53. The van der Waals surface area contributed by atoms with Crippen LogP contribution >= 0.6 is 0 Å². The van der Waals surface area contributed by atoms with Gasteiger partial charge in [0.1, 0.15) is 11.5 Å². The summed E-state index contributed by atoms with van der Waals surface area (Å²) >= 11 is 0. The first kappa shape index (κ1) is 16.8. The molecule has 5 heterocycles. The number of anilines is 2. The third-order valence-corrected chi connectivity index (χ3v) is 4.79. The first-order valence-electron chi connectivity index (χ1n) is 9.12. The summed E-state index contributed by atoms with van der Waals surface area (Å²) in [4.78, 5) is 17.9. The Hall–Kier alpha value is -3.40. The highest BCUT2D eigenvalue weighted by atomic mass is 16.3. The molecule has 4 aromatic rings. The van der Waals surface area contributed by atoms with Crippen molar-refractivity contribution < 1.29 is 8.83 Å². The summed E-state index contributed by atoms with van der Waals surface area (Å²) in [6.07, 6.45) is 1.57. The number of nitrogens with two attached hydrogens (primary N) is 1. The van der Waals surface area contributed by atoms with Crippen LogP contribution in [-0.4, -0.2) is 55.6 Å². The van der Waals surface area contributed by atoms with Gasteiger partial charge in [-0.15, -0.1) is 5.10 Å². The zero-order valence-corrected chi connectivity index (χ0v) is 15.4. The summed E-state index contributed by atoms with van der Waals surface area (Å²) in [6, 6.07) is 7.60. The number of furan rings is 2. The van der Waals surface area contributed by atoms with Crippen molar-refractivity contribution in [1.29, 1.82) is 0 Å². The molecule has 1 fully saturated rings. The second-order valence-electron chi connectivity index (χ2n) is 6.78. The van der Waals surface area contributed by atoms with Crippen molar-refractivity contribution in [3.63, 3.8) is 0 Å². The van der Waals surface area contributed by atoms with E-state index < -0.39 is 0 Å². The van der Waals surface area contributed by atoms with Gasteiger partial charge in [0.15, 0.2) is 5.76 Å². The van der Waals surface area contributed by atoms with Gasteiger partial charge in [0.25, 0.3) is 5.78 Å². The molecule has 4 aromatic heterocycles. The molecular formula is C18H20N8O2. The Morgan fingerprint density at radius 3 is 2.64 bits per heavy atom. The van der Waals surface area contributed by atoms with E-state index in [9.17, 15) is 0 Å². The van der Waals surface area contributed by atoms with Crippen LogP contribution in [0.5, 0.6) is 0 Å². The van der Waals surface area contributed by atoms with E-state index in [0.717, 1.165) is 44.2 Å². The molecular weight excluding hydrogens is 360 g/mol. The molecule has 0 aliphatic carbocycles. The fourth-order valence-corrected chi connectivity index (χ4v) is 3.34. The van der Waals surface area contributed by atoms with Gasteiger partial charge in [-0.2, -0.15) is 19.5 Å². The topological polar surface area (TPSA) is 115 Å². The van der Waals surface area contributed by atoms with Gasteiger partial charge in [0, 0.05) is 26.2 Å². The zero-order chi connectivity index (χ0) is 19.1. The van der Waals surface area contributed by atoms with E-state index in [1.165, 1.54) is 4.52 Å². The first-order valence-corrected chi connectivity index (χ1v) is 9.12. The van der Waals surface area contributed by atoms with E-state index in [-0.39, 0.29) is 5.95 Å². The summed E-state index contributed by atoms with van der Waals surface area (Å²) in [5.41, 5.74) is 6.09. The van der Waals surface area contributed by atoms with Crippen LogP contribution < -0.4 is 10.6 Å². The zero-order valence-electron chi connectivity index (χ0n) is 15.4. The maximum atomic E-state index is 6.09. The van der Waals surface area contributed by atoms with Crippen LogP contribution in [-0.2, 0) is 6.54 Å². The summed E-state index contributed by atoms with van der Waals surface area (Å²) in [5, 5.41) is 4.33. The van der Waals surface area contributed by atoms with E-state index in [1.807, 2.05) is 19.1 Å². The molecule has 144 valence electrons. The predicted molar refractivity (Wildman–Crippen MR) is 102 cm³/mol. The van der Waals surface area contributed by atoms with E-state index in [1.54, 1.807) is 18.4 Å². The molecule has 1 saturated heterocycles. The summed E-state index contributed by atoms with van der Waals surface area (Å²) in [6.45, 7) is 6.14. The van der Waals surface area contributed by atoms with Gasteiger partial charge in [-0.05, 0) is 31.2 Å². The molecule has 0 radical (unpaired) electrons. The lowest BCUT2D eigenvalue weighted by molar-refractivity contribution is 0.228. The van der Waals surface area contributed by atoms with Gasteiger partial charge in [0.05, 0.1) is 12.8 Å². The van der Waals surface area contributed by atoms with Crippen molar-refractivity contribution in [1.82, 2.24) is 29.5 Å². The van der Waals surface area contributed by atoms with Crippen molar-refractivity contribution in [2.75, 3.05) is 36.8 Å². The van der Waals surface area contributed by atoms with Crippen LogP contribution in [0.1, 0.15) is 11.5 Å². The molecule has 0 bridgehead atoms. The minimum atomic E-state index is 0.249. The molecule has 0 aromatic carbocycles. The normalized spacial score (nSPS) is 15.5. The van der Waals surface area contributed by atoms with Crippen molar-refractivity contribution in [2.24, 2.45) is 0 Å². The number of hydrogen-bond donors (Lipinski definition) is 1. The lowest BCUT2D eigenvalue weighted by Crippen LogP contribution is -2.46. The van der Waals surface area contributed by atoms with E-state index in [2.05, 4.69) is 29.9 Å². The van der Waals surface area contributed by atoms with E-state index in [0.29, 0.717) is 23.3 Å². The molecule has 10 nitrogen and oxygen atoms in total. The standard InChI is InChI=1S/C18H20N8O2/c1-12-4-5-13(28-12)11-24-6-8-25(9-7-24)17-21-16(19)26-18(22-17)20-15(23-26)14-3-2-10-27-14/h2-5,10H,6-9,11H2,1H3,(H2,19,20,21,22,23). The average Bonchev–Trinajstić information content (AvgIpc) is 3.42. The van der Waals surface area contributed by atoms with Crippen LogP contribution in [0, 0.1) is 6.92 Å². The van der Waals surface area contributed by atoms with E-state index >= 15 is 0 Å². The molecule has 0 amide bonds. The highest BCUT2D eigenvalue weighted by Gasteiger charge is 2.22.